The number of benzene rings is 2. The van der Waals surface area contributed by atoms with Gasteiger partial charge in [-0.15, -0.1) is 0 Å². The summed E-state index contributed by atoms with van der Waals surface area (Å²) in [7, 11) is 0. The van der Waals surface area contributed by atoms with E-state index in [-0.39, 0.29) is 35.9 Å². The zero-order valence-electron chi connectivity index (χ0n) is 20.6. The van der Waals surface area contributed by atoms with Gasteiger partial charge in [0.1, 0.15) is 11.5 Å². The van der Waals surface area contributed by atoms with Crippen molar-refractivity contribution in [2.45, 2.75) is 62.6 Å². The highest BCUT2D eigenvalue weighted by atomic mass is 16.5. The molecule has 2 amide bonds. The average molecular weight is 499 g/mol. The summed E-state index contributed by atoms with van der Waals surface area (Å²) < 4.78 is 11.8. The van der Waals surface area contributed by atoms with E-state index in [0.717, 1.165) is 36.1 Å². The topological polar surface area (TPSA) is 106 Å². The van der Waals surface area contributed by atoms with Gasteiger partial charge in [0, 0.05) is 41.9 Å². The van der Waals surface area contributed by atoms with Crippen LogP contribution in [-0.4, -0.2) is 41.9 Å². The second-order valence-corrected chi connectivity index (χ2v) is 10.6. The summed E-state index contributed by atoms with van der Waals surface area (Å²) in [5.74, 6) is 1.99. The summed E-state index contributed by atoms with van der Waals surface area (Å²) in [5, 5.41) is 3.24. The van der Waals surface area contributed by atoms with Crippen molar-refractivity contribution >= 4 is 17.8 Å². The summed E-state index contributed by atoms with van der Waals surface area (Å²) >= 11 is 0. The Morgan fingerprint density at radius 3 is 2.62 bits per heavy atom. The lowest BCUT2D eigenvalue weighted by Crippen LogP contribution is -2.50. The number of aliphatic imine (C=N–C) groups is 1. The van der Waals surface area contributed by atoms with Crippen LogP contribution in [0.1, 0.15) is 83.6 Å². The maximum Gasteiger partial charge on any atom is 0.251 e. The molecule has 1 saturated carbocycles. The van der Waals surface area contributed by atoms with E-state index in [9.17, 15) is 9.59 Å². The fraction of sp³-hybridized carbons (Fsp3) is 0.414. The van der Waals surface area contributed by atoms with Crippen LogP contribution in [0.3, 0.4) is 0 Å². The summed E-state index contributed by atoms with van der Waals surface area (Å²) in [6.07, 6.45) is 6.65. The first kappa shape index (κ1) is 22.4. The Hall–Kier alpha value is -3.81. The van der Waals surface area contributed by atoms with Crippen LogP contribution in [0.4, 0.5) is 0 Å². The van der Waals surface area contributed by atoms with Gasteiger partial charge < -0.3 is 20.5 Å². The Labute approximate surface area is 215 Å². The van der Waals surface area contributed by atoms with Crippen LogP contribution in [0.2, 0.25) is 0 Å². The average Bonchev–Trinajstić information content (AvgIpc) is 3.67. The molecule has 3 N–H and O–H groups in total. The van der Waals surface area contributed by atoms with E-state index in [0.29, 0.717) is 49.7 Å². The SMILES string of the molecule is NC1=NC2CC/C=C3/CC3c3ccc4c(c3)C(CCO4)NC(=O)c3ccc4c(c3)[C@@H](CCO4)N1C(=O)C2. The van der Waals surface area contributed by atoms with Crippen molar-refractivity contribution in [1.82, 2.24) is 10.2 Å². The fourth-order valence-electron chi connectivity index (χ4n) is 6.23. The smallest absolute Gasteiger partial charge is 0.251 e. The van der Waals surface area contributed by atoms with E-state index in [1.54, 1.807) is 11.0 Å². The minimum Gasteiger partial charge on any atom is -0.493 e. The van der Waals surface area contributed by atoms with Crippen LogP contribution in [-0.2, 0) is 4.79 Å². The van der Waals surface area contributed by atoms with Crippen molar-refractivity contribution in [3.63, 3.8) is 0 Å². The molecule has 4 atom stereocenters. The molecule has 0 aromatic heterocycles. The number of hydrogen-bond acceptors (Lipinski definition) is 6. The lowest BCUT2D eigenvalue weighted by atomic mass is 9.94. The highest BCUT2D eigenvalue weighted by Crippen LogP contribution is 2.49. The summed E-state index contributed by atoms with van der Waals surface area (Å²) in [5.41, 5.74) is 11.4. The molecule has 5 heterocycles. The first-order chi connectivity index (χ1) is 18.0. The van der Waals surface area contributed by atoms with Gasteiger partial charge in [0.2, 0.25) is 5.91 Å². The molecule has 3 unspecified atom stereocenters. The number of hydrogen-bond donors (Lipinski definition) is 2. The molecule has 1 aliphatic carbocycles. The Morgan fingerprint density at radius 2 is 1.76 bits per heavy atom. The number of ether oxygens (including phenoxy) is 2. The molecule has 2 aromatic rings. The molecule has 0 radical (unpaired) electrons. The molecule has 5 aliphatic heterocycles. The third-order valence-corrected chi connectivity index (χ3v) is 8.25. The zero-order chi connectivity index (χ0) is 25.1. The number of nitrogens with one attached hydrogen (secondary N) is 1. The van der Waals surface area contributed by atoms with E-state index < -0.39 is 0 Å². The molecule has 8 heteroatoms. The van der Waals surface area contributed by atoms with Gasteiger partial charge in [0.05, 0.1) is 31.3 Å². The maximum absolute atomic E-state index is 13.5. The number of allylic oxidation sites excluding steroid dienone is 2. The Morgan fingerprint density at radius 1 is 0.946 bits per heavy atom. The lowest BCUT2D eigenvalue weighted by molar-refractivity contribution is -0.130. The van der Waals surface area contributed by atoms with E-state index in [1.165, 1.54) is 11.1 Å². The number of nitrogens with two attached hydrogens (primary N) is 1. The molecule has 8 rings (SSSR count). The van der Waals surface area contributed by atoms with Gasteiger partial charge in [-0.25, -0.2) is 4.99 Å². The highest BCUT2D eigenvalue weighted by Gasteiger charge is 2.38. The normalized spacial score (nSPS) is 29.7. The van der Waals surface area contributed by atoms with Crippen molar-refractivity contribution in [2.24, 2.45) is 10.7 Å². The molecule has 8 nitrogen and oxygen atoms in total. The Kier molecular flexibility index (Phi) is 5.23. The number of amides is 2. The molecule has 2 aromatic carbocycles. The van der Waals surface area contributed by atoms with Crippen LogP contribution >= 0.6 is 0 Å². The number of nitrogens with zero attached hydrogens (tertiary/aromatic N) is 2. The fourth-order valence-corrected chi connectivity index (χ4v) is 6.23. The van der Waals surface area contributed by atoms with Gasteiger partial charge in [-0.1, -0.05) is 17.7 Å². The largest absolute Gasteiger partial charge is 0.493 e. The monoisotopic (exact) mass is 498 g/mol. The zero-order valence-corrected chi connectivity index (χ0v) is 20.6. The molecule has 37 heavy (non-hydrogen) atoms. The van der Waals surface area contributed by atoms with Crippen molar-refractivity contribution in [2.75, 3.05) is 13.2 Å². The van der Waals surface area contributed by atoms with E-state index in [4.69, 9.17) is 20.2 Å². The molecule has 6 aliphatic rings. The summed E-state index contributed by atoms with van der Waals surface area (Å²) in [4.78, 5) is 33.1. The van der Waals surface area contributed by atoms with Crippen LogP contribution in [0.5, 0.6) is 11.5 Å². The molecule has 1 fully saturated rings. The van der Waals surface area contributed by atoms with Gasteiger partial charge in [0.25, 0.3) is 5.91 Å². The van der Waals surface area contributed by atoms with Crippen molar-refractivity contribution in [3.8, 4) is 11.5 Å². The van der Waals surface area contributed by atoms with Gasteiger partial charge in [0.15, 0.2) is 5.96 Å². The van der Waals surface area contributed by atoms with Crippen molar-refractivity contribution in [1.29, 1.82) is 0 Å². The molecular formula is C29H30N4O4. The predicted octanol–water partition coefficient (Wildman–Crippen LogP) is 3.89. The number of carbonyl (C=O) groups excluding carboxylic acids is 2. The third kappa shape index (κ3) is 3.95. The van der Waals surface area contributed by atoms with Crippen LogP contribution in [0.15, 0.2) is 53.0 Å². The third-order valence-electron chi connectivity index (χ3n) is 8.25. The second kappa shape index (κ2) is 8.64. The minimum absolute atomic E-state index is 0.0224. The molecule has 0 saturated heterocycles. The molecule has 6 bridgehead atoms. The van der Waals surface area contributed by atoms with E-state index in [2.05, 4.69) is 23.5 Å². The van der Waals surface area contributed by atoms with Crippen LogP contribution in [0, 0.1) is 0 Å². The van der Waals surface area contributed by atoms with Gasteiger partial charge in [-0.05, 0) is 55.2 Å². The summed E-state index contributed by atoms with van der Waals surface area (Å²) in [6, 6.07) is 11.3. The van der Waals surface area contributed by atoms with Gasteiger partial charge >= 0.3 is 0 Å². The maximum atomic E-state index is 13.5. The Balaban J connectivity index is 1.30. The minimum atomic E-state index is -0.309. The van der Waals surface area contributed by atoms with Crippen molar-refractivity contribution in [3.05, 3.63) is 70.3 Å². The van der Waals surface area contributed by atoms with E-state index in [1.807, 2.05) is 18.2 Å². The van der Waals surface area contributed by atoms with Crippen LogP contribution in [0.25, 0.3) is 0 Å². The highest BCUT2D eigenvalue weighted by molar-refractivity contribution is 5.99. The number of fused-ring (bicyclic) bond motifs is 4. The van der Waals surface area contributed by atoms with Crippen molar-refractivity contribution < 1.29 is 19.1 Å². The number of guanidine groups is 1. The Bertz CT molecular complexity index is 1370. The first-order valence-electron chi connectivity index (χ1n) is 13.2. The standard InChI is InChI=1S/C29H30N4O4/c30-29-31-19-3-1-2-16-12-20(16)17-4-6-25-21(13-17)23(8-10-36-25)32-28(35)18-5-7-26-22(14-18)24(9-11-37-26)33(29)27(34)15-19/h2,4-7,13-14,19-20,23-24H,1,3,8-12,15H2,(H2,30,31)(H,32,35)/b16-2-/t19?,20?,23?,24-/m1/s1. The lowest BCUT2D eigenvalue weighted by Gasteiger charge is -2.38. The molecule has 190 valence electrons. The number of rotatable bonds is 0. The summed E-state index contributed by atoms with van der Waals surface area (Å²) in [6.45, 7) is 1.03. The second-order valence-electron chi connectivity index (χ2n) is 10.6. The number of carbonyl (C=O) groups is 2. The van der Waals surface area contributed by atoms with Gasteiger partial charge in [-0.2, -0.15) is 0 Å². The first-order valence-corrected chi connectivity index (χ1v) is 13.2. The molecule has 0 spiro atoms. The van der Waals surface area contributed by atoms with E-state index >= 15 is 0 Å². The van der Waals surface area contributed by atoms with Gasteiger partial charge in [-0.3, -0.25) is 14.5 Å². The molecular weight excluding hydrogens is 468 g/mol. The van der Waals surface area contributed by atoms with Crippen LogP contribution < -0.4 is 20.5 Å². The predicted molar refractivity (Wildman–Crippen MR) is 138 cm³/mol. The quantitative estimate of drug-likeness (QED) is 0.536.